The first kappa shape index (κ1) is 17.8. The molecule has 1 unspecified atom stereocenters. The van der Waals surface area contributed by atoms with Crippen LogP contribution in [0, 0.1) is 0 Å². The second kappa shape index (κ2) is 10.7. The van der Waals surface area contributed by atoms with Gasteiger partial charge in [-0.2, -0.15) is 0 Å². The second-order valence-electron chi connectivity index (χ2n) is 5.31. The van der Waals surface area contributed by atoms with E-state index in [1.807, 2.05) is 0 Å². The van der Waals surface area contributed by atoms with Crippen molar-refractivity contribution in [3.63, 3.8) is 0 Å². The number of halogens is 1. The molecule has 102 valence electrons. The Labute approximate surface area is 118 Å². The Kier molecular flexibility index (Phi) is 11.2. The molecule has 0 aliphatic rings. The van der Waals surface area contributed by atoms with Crippen molar-refractivity contribution < 1.29 is 0 Å². The molecule has 0 aliphatic carbocycles. The van der Waals surface area contributed by atoms with Crippen LogP contribution < -0.4 is 0 Å². The fourth-order valence-electron chi connectivity index (χ4n) is 2.63. The molecule has 0 rings (SSSR count). The van der Waals surface area contributed by atoms with Gasteiger partial charge < -0.3 is 0 Å². The third-order valence-electron chi connectivity index (χ3n) is 3.88. The van der Waals surface area contributed by atoms with Gasteiger partial charge in [-0.1, -0.05) is 0 Å². The summed E-state index contributed by atoms with van der Waals surface area (Å²) < 4.78 is 4.79. The molecule has 1 atom stereocenters. The van der Waals surface area contributed by atoms with Crippen LogP contribution in [0.1, 0.15) is 59.3 Å². The number of rotatable bonds is 11. The van der Waals surface area contributed by atoms with Gasteiger partial charge in [0.1, 0.15) is 0 Å². The molecule has 0 radical (unpaired) electrons. The monoisotopic (exact) mass is 366 g/mol. The third-order valence-corrected chi connectivity index (χ3v) is 22.7. The third kappa shape index (κ3) is 6.52. The molecule has 0 aliphatic heterocycles. The van der Waals surface area contributed by atoms with E-state index in [2.05, 4.69) is 33.4 Å². The van der Waals surface area contributed by atoms with Crippen molar-refractivity contribution in [2.24, 2.45) is 0 Å². The van der Waals surface area contributed by atoms with E-state index in [1.165, 1.54) is 51.8 Å². The minimum atomic E-state index is -2.15. The summed E-state index contributed by atoms with van der Waals surface area (Å²) in [6, 6.07) is 0. The Morgan fingerprint density at radius 3 is 1.53 bits per heavy atom. The van der Waals surface area contributed by atoms with Crippen LogP contribution >= 0.6 is 11.6 Å². The normalized spacial score (nSPS) is 13.6. The Morgan fingerprint density at radius 1 is 0.941 bits per heavy atom. The van der Waals surface area contributed by atoms with Gasteiger partial charge in [-0.3, -0.25) is 0 Å². The van der Waals surface area contributed by atoms with Gasteiger partial charge >= 0.3 is 119 Å². The van der Waals surface area contributed by atoms with Crippen LogP contribution in [0.4, 0.5) is 0 Å². The number of hydrogen-bond donors (Lipinski definition) is 0. The van der Waals surface area contributed by atoms with E-state index in [1.54, 1.807) is 0 Å². The average Bonchev–Trinajstić information content (AvgIpc) is 2.37. The Morgan fingerprint density at radius 2 is 1.29 bits per heavy atom. The number of allylic oxidation sites excluding steroid dienone is 1. The fraction of sp³-hybridized carbons (Fsp3) is 0.867. The van der Waals surface area contributed by atoms with Crippen LogP contribution in [0.5, 0.6) is 0 Å². The molecule has 0 saturated heterocycles. The van der Waals surface area contributed by atoms with E-state index in [-0.39, 0.29) is 0 Å². The number of unbranched alkanes of at least 4 members (excludes halogenated alkanes) is 3. The van der Waals surface area contributed by atoms with Crippen molar-refractivity contribution >= 4 is 30.0 Å². The van der Waals surface area contributed by atoms with E-state index in [9.17, 15) is 0 Å². The Bertz CT molecular complexity index is 170. The second-order valence-corrected chi connectivity index (χ2v) is 20.7. The summed E-state index contributed by atoms with van der Waals surface area (Å²) in [5.41, 5.74) is 0. The van der Waals surface area contributed by atoms with Gasteiger partial charge in [0.05, 0.1) is 0 Å². The predicted molar refractivity (Wildman–Crippen MR) is 84.7 cm³/mol. The van der Waals surface area contributed by atoms with Crippen LogP contribution in [0.25, 0.3) is 0 Å². The van der Waals surface area contributed by atoms with Gasteiger partial charge in [-0.25, -0.2) is 0 Å². The zero-order valence-corrected chi connectivity index (χ0v) is 15.7. The molecule has 2 heteroatoms. The van der Waals surface area contributed by atoms with Crippen LogP contribution in [-0.2, 0) is 0 Å². The van der Waals surface area contributed by atoms with E-state index in [4.69, 9.17) is 11.6 Å². The minimum absolute atomic E-state index is 0.356. The van der Waals surface area contributed by atoms with Crippen LogP contribution in [0.3, 0.4) is 0 Å². The van der Waals surface area contributed by atoms with E-state index in [0.717, 1.165) is 0 Å². The quantitative estimate of drug-likeness (QED) is 0.233. The van der Waals surface area contributed by atoms with Crippen molar-refractivity contribution in [3.05, 3.63) is 12.7 Å². The van der Waals surface area contributed by atoms with Crippen molar-refractivity contribution in [3.8, 4) is 0 Å². The first-order valence-electron chi connectivity index (χ1n) is 7.43. The molecular formula is C15H31ClSn. The summed E-state index contributed by atoms with van der Waals surface area (Å²) in [5.74, 6) is 0. The first-order valence-corrected chi connectivity index (χ1v) is 15.6. The molecule has 0 aromatic carbocycles. The van der Waals surface area contributed by atoms with Crippen LogP contribution in [-0.4, -0.2) is 21.8 Å². The number of hydrogen-bond acceptors (Lipinski definition) is 0. The van der Waals surface area contributed by atoms with Crippen LogP contribution in [0.15, 0.2) is 12.7 Å². The molecule has 17 heavy (non-hydrogen) atoms. The SMILES string of the molecule is C=C[CH](Cl)[Sn]([CH2]CCC)([CH2]CCC)[CH2]CCC. The molecule has 0 amide bonds. The molecule has 0 fully saturated rings. The summed E-state index contributed by atoms with van der Waals surface area (Å²) >= 11 is 4.52. The predicted octanol–water partition coefficient (Wildman–Crippen LogP) is 6.17. The molecule has 0 nitrogen and oxygen atoms in total. The topological polar surface area (TPSA) is 0 Å². The summed E-state index contributed by atoms with van der Waals surface area (Å²) in [4.78, 5) is 0. The van der Waals surface area contributed by atoms with Gasteiger partial charge in [0.15, 0.2) is 0 Å². The molecular weight excluding hydrogens is 334 g/mol. The van der Waals surface area contributed by atoms with Crippen LogP contribution in [0.2, 0.25) is 13.3 Å². The summed E-state index contributed by atoms with van der Waals surface area (Å²) in [5, 5.41) is 0. The standard InChI is InChI=1S/3C4H9.C3H4Cl.Sn/c3*1-3-4-2;1-2-3-4;/h3*1,3-4H2,2H3;2-3H,1H2;. The van der Waals surface area contributed by atoms with Crippen molar-refractivity contribution in [1.82, 2.24) is 0 Å². The molecule has 0 heterocycles. The fourth-order valence-corrected chi connectivity index (χ4v) is 19.8. The van der Waals surface area contributed by atoms with Gasteiger partial charge in [-0.05, 0) is 0 Å². The Hall–Kier alpha value is 0.829. The van der Waals surface area contributed by atoms with Crippen molar-refractivity contribution in [1.29, 1.82) is 0 Å². The first-order chi connectivity index (χ1) is 8.16. The van der Waals surface area contributed by atoms with Crippen molar-refractivity contribution in [2.45, 2.75) is 76.0 Å². The van der Waals surface area contributed by atoms with Gasteiger partial charge in [-0.15, -0.1) is 0 Å². The van der Waals surface area contributed by atoms with E-state index < -0.39 is 18.4 Å². The van der Waals surface area contributed by atoms with Crippen molar-refractivity contribution in [2.75, 3.05) is 0 Å². The van der Waals surface area contributed by atoms with Gasteiger partial charge in [0.25, 0.3) is 0 Å². The Balaban J connectivity index is 4.69. The maximum absolute atomic E-state index is 6.67. The summed E-state index contributed by atoms with van der Waals surface area (Å²) in [6.45, 7) is 10.9. The molecule has 0 N–H and O–H groups in total. The van der Waals surface area contributed by atoms with Gasteiger partial charge in [0, 0.05) is 0 Å². The maximum atomic E-state index is 6.67. The molecule has 0 spiro atoms. The molecule has 0 bridgehead atoms. The van der Waals surface area contributed by atoms with E-state index >= 15 is 0 Å². The zero-order chi connectivity index (χ0) is 13.1. The molecule has 0 aromatic rings. The van der Waals surface area contributed by atoms with Gasteiger partial charge in [0.2, 0.25) is 0 Å². The van der Waals surface area contributed by atoms with E-state index in [0.29, 0.717) is 3.39 Å². The molecule has 0 aromatic heterocycles. The average molecular weight is 366 g/mol. The summed E-state index contributed by atoms with van der Waals surface area (Å²) in [6.07, 6.45) is 10.2. The molecule has 0 saturated carbocycles. The zero-order valence-electron chi connectivity index (χ0n) is 12.1. The summed E-state index contributed by atoms with van der Waals surface area (Å²) in [7, 11) is 0. The number of alkyl halides is 1.